The lowest BCUT2D eigenvalue weighted by molar-refractivity contribution is -0.137. The van der Waals surface area contributed by atoms with E-state index in [-0.39, 0.29) is 22.6 Å². The largest absolute Gasteiger partial charge is 0.416 e. The Morgan fingerprint density at radius 1 is 1.05 bits per heavy atom. The number of hydrogen-bond acceptors (Lipinski definition) is 0. The Kier molecular flexibility index (Phi) is 3.93. The van der Waals surface area contributed by atoms with Crippen LogP contribution in [0.3, 0.4) is 0 Å². The van der Waals surface area contributed by atoms with Crippen LogP contribution in [0, 0.1) is 17.8 Å². The highest BCUT2D eigenvalue weighted by atomic mass is 35.5. The molecule has 0 spiro atoms. The van der Waals surface area contributed by atoms with E-state index in [0.29, 0.717) is 5.56 Å². The van der Waals surface area contributed by atoms with Gasteiger partial charge in [0, 0.05) is 5.02 Å². The van der Waals surface area contributed by atoms with Gasteiger partial charge in [-0.3, -0.25) is 0 Å². The van der Waals surface area contributed by atoms with Gasteiger partial charge in [0.25, 0.3) is 0 Å². The second kappa shape index (κ2) is 4.94. The number of rotatable bonds is 1. The van der Waals surface area contributed by atoms with Crippen LogP contribution in [0.15, 0.2) is 12.1 Å². The van der Waals surface area contributed by atoms with E-state index >= 15 is 0 Å². The molecule has 1 aliphatic rings. The minimum absolute atomic E-state index is 0.149. The zero-order valence-electron chi connectivity index (χ0n) is 13.2. The monoisotopic (exact) mass is 316 g/mol. The maximum atomic E-state index is 12.8. The van der Waals surface area contributed by atoms with E-state index in [2.05, 4.69) is 27.7 Å². The molecule has 0 aliphatic carbocycles. The lowest BCUT2D eigenvalue weighted by atomic mass is 9.41. The molecule has 0 unspecified atom stereocenters. The van der Waals surface area contributed by atoms with Crippen LogP contribution in [-0.4, -0.2) is 6.71 Å². The Labute approximate surface area is 130 Å². The van der Waals surface area contributed by atoms with Gasteiger partial charge in [-0.2, -0.15) is 13.2 Å². The summed E-state index contributed by atoms with van der Waals surface area (Å²) >= 11 is 6.21. The Hall–Kier alpha value is -0.635. The van der Waals surface area contributed by atoms with Gasteiger partial charge in [-0.1, -0.05) is 63.0 Å². The molecule has 0 amide bonds. The van der Waals surface area contributed by atoms with Crippen LogP contribution in [0.5, 0.6) is 0 Å². The summed E-state index contributed by atoms with van der Waals surface area (Å²) in [6.07, 6.45) is -2.45. The maximum absolute atomic E-state index is 12.8. The van der Waals surface area contributed by atoms with Crippen molar-refractivity contribution in [3.8, 4) is 0 Å². The van der Waals surface area contributed by atoms with E-state index in [9.17, 15) is 13.2 Å². The molecule has 21 heavy (non-hydrogen) atoms. The van der Waals surface area contributed by atoms with Crippen molar-refractivity contribution in [1.82, 2.24) is 0 Å². The van der Waals surface area contributed by atoms with Gasteiger partial charge in [-0.15, -0.1) is 0 Å². The number of alkyl halides is 3. The van der Waals surface area contributed by atoms with Gasteiger partial charge in [0.15, 0.2) is 6.71 Å². The lowest BCUT2D eigenvalue weighted by Crippen LogP contribution is -2.32. The minimum atomic E-state index is -4.35. The van der Waals surface area contributed by atoms with Crippen molar-refractivity contribution in [2.45, 2.75) is 53.4 Å². The number of aryl methyl sites for hydroxylation is 1. The van der Waals surface area contributed by atoms with Gasteiger partial charge >= 0.3 is 6.18 Å². The first-order chi connectivity index (χ1) is 9.35. The van der Waals surface area contributed by atoms with Crippen molar-refractivity contribution in [3.63, 3.8) is 0 Å². The van der Waals surface area contributed by atoms with Crippen LogP contribution in [0.25, 0.3) is 0 Å². The molecule has 0 aromatic heterocycles. The predicted molar refractivity (Wildman–Crippen MR) is 83.8 cm³/mol. The standard InChI is InChI=1S/C16H21BClF3/c1-10-6-11(16(19,20)21)7-12(18)13(10)17-8-14(2,3)15(4,5)9-17/h6-7H,8-9H2,1-5H3. The first kappa shape index (κ1) is 16.7. The van der Waals surface area contributed by atoms with Crippen LogP contribution in [0.1, 0.15) is 38.8 Å². The molecule has 1 heterocycles. The number of halogens is 4. The van der Waals surface area contributed by atoms with Gasteiger partial charge in [-0.05, 0) is 29.9 Å². The van der Waals surface area contributed by atoms with Gasteiger partial charge in [0.1, 0.15) is 0 Å². The number of hydrogen-bond donors (Lipinski definition) is 0. The molecule has 1 fully saturated rings. The molecule has 1 aromatic carbocycles. The SMILES string of the molecule is Cc1cc(C(F)(F)F)cc(Cl)c1B1CC(C)(C)C(C)(C)C1. The van der Waals surface area contributed by atoms with Gasteiger partial charge in [-0.25, -0.2) is 0 Å². The third kappa shape index (κ3) is 2.97. The summed E-state index contributed by atoms with van der Waals surface area (Å²) < 4.78 is 38.5. The van der Waals surface area contributed by atoms with Crippen molar-refractivity contribution in [2.24, 2.45) is 10.8 Å². The van der Waals surface area contributed by atoms with Crippen molar-refractivity contribution in [2.75, 3.05) is 0 Å². The molecule has 1 saturated heterocycles. The van der Waals surface area contributed by atoms with Crippen LogP contribution in [0.2, 0.25) is 17.7 Å². The van der Waals surface area contributed by atoms with Crippen molar-refractivity contribution in [3.05, 3.63) is 28.3 Å². The van der Waals surface area contributed by atoms with Crippen molar-refractivity contribution >= 4 is 23.8 Å². The summed E-state index contributed by atoms with van der Waals surface area (Å²) in [6, 6.07) is 2.29. The quantitative estimate of drug-likeness (QED) is 0.606. The van der Waals surface area contributed by atoms with E-state index < -0.39 is 11.7 Å². The molecule has 1 aliphatic heterocycles. The van der Waals surface area contributed by atoms with Crippen LogP contribution in [-0.2, 0) is 6.18 Å². The lowest BCUT2D eigenvalue weighted by Gasteiger charge is -2.35. The summed E-state index contributed by atoms with van der Waals surface area (Å²) in [6.45, 7) is 10.8. The van der Waals surface area contributed by atoms with E-state index in [4.69, 9.17) is 11.6 Å². The summed E-state index contributed by atoms with van der Waals surface area (Å²) in [5.74, 6) is 0. The number of benzene rings is 1. The van der Waals surface area contributed by atoms with Crippen LogP contribution >= 0.6 is 11.6 Å². The summed E-state index contributed by atoms with van der Waals surface area (Å²) in [5, 5.41) is 0.251. The molecule has 0 N–H and O–H groups in total. The highest BCUT2D eigenvalue weighted by molar-refractivity contribution is 6.77. The zero-order chi connectivity index (χ0) is 16.2. The topological polar surface area (TPSA) is 0 Å². The van der Waals surface area contributed by atoms with E-state index in [0.717, 1.165) is 24.2 Å². The third-order valence-corrected chi connectivity index (χ3v) is 5.73. The van der Waals surface area contributed by atoms with Gasteiger partial charge in [0.05, 0.1) is 5.56 Å². The second-order valence-electron chi connectivity index (χ2n) is 7.56. The molecule has 0 radical (unpaired) electrons. The molecule has 0 nitrogen and oxygen atoms in total. The van der Waals surface area contributed by atoms with Crippen LogP contribution in [0.4, 0.5) is 13.2 Å². The predicted octanol–water partition coefficient (Wildman–Crippen LogP) is 5.44. The molecule has 0 bridgehead atoms. The van der Waals surface area contributed by atoms with Gasteiger partial charge < -0.3 is 0 Å². The molecular weight excluding hydrogens is 295 g/mol. The average Bonchev–Trinajstić information content (AvgIpc) is 2.45. The fraction of sp³-hybridized carbons (Fsp3) is 0.625. The Balaban J connectivity index is 2.44. The highest BCUT2D eigenvalue weighted by Gasteiger charge is 2.49. The Morgan fingerprint density at radius 2 is 1.52 bits per heavy atom. The summed E-state index contributed by atoms with van der Waals surface area (Å²) in [5.41, 5.74) is 1.17. The molecule has 116 valence electrons. The smallest absolute Gasteiger partial charge is 0.166 e. The molecule has 5 heteroatoms. The summed E-state index contributed by atoms with van der Waals surface area (Å²) in [4.78, 5) is 0. The fourth-order valence-corrected chi connectivity index (χ4v) is 3.92. The minimum Gasteiger partial charge on any atom is -0.166 e. The normalized spacial score (nSPS) is 20.9. The molecule has 2 rings (SSSR count). The molecule has 1 aromatic rings. The van der Waals surface area contributed by atoms with E-state index in [1.807, 2.05) is 0 Å². The first-order valence-corrected chi connectivity index (χ1v) is 7.60. The van der Waals surface area contributed by atoms with Gasteiger partial charge in [0.2, 0.25) is 0 Å². The van der Waals surface area contributed by atoms with Crippen molar-refractivity contribution in [1.29, 1.82) is 0 Å². The van der Waals surface area contributed by atoms with E-state index in [1.54, 1.807) is 6.92 Å². The third-order valence-electron chi connectivity index (χ3n) is 5.42. The molecular formula is C16H21BClF3. The zero-order valence-corrected chi connectivity index (χ0v) is 13.9. The Morgan fingerprint density at radius 3 is 1.90 bits per heavy atom. The van der Waals surface area contributed by atoms with Crippen molar-refractivity contribution < 1.29 is 13.2 Å². The Bertz CT molecular complexity index is 522. The molecule has 0 saturated carbocycles. The first-order valence-electron chi connectivity index (χ1n) is 7.22. The average molecular weight is 317 g/mol. The highest BCUT2D eigenvalue weighted by Crippen LogP contribution is 2.53. The fourth-order valence-electron chi connectivity index (χ4n) is 3.50. The maximum Gasteiger partial charge on any atom is 0.416 e. The van der Waals surface area contributed by atoms with E-state index in [1.165, 1.54) is 6.07 Å². The summed E-state index contributed by atoms with van der Waals surface area (Å²) in [7, 11) is 0. The van der Waals surface area contributed by atoms with Crippen LogP contribution < -0.4 is 5.46 Å². The molecule has 0 atom stereocenters. The second-order valence-corrected chi connectivity index (χ2v) is 7.97.